The highest BCUT2D eigenvalue weighted by Crippen LogP contribution is 2.37. The zero-order chi connectivity index (χ0) is 18.2. The Morgan fingerprint density at radius 3 is 2.48 bits per heavy atom. The van der Waals surface area contributed by atoms with Crippen molar-refractivity contribution >= 4 is 22.1 Å². The van der Waals surface area contributed by atoms with Crippen molar-refractivity contribution in [2.75, 3.05) is 0 Å². The van der Waals surface area contributed by atoms with Gasteiger partial charge in [0.1, 0.15) is 0 Å². The predicted octanol–water partition coefficient (Wildman–Crippen LogP) is 6.59. The van der Waals surface area contributed by atoms with Gasteiger partial charge in [-0.25, -0.2) is 0 Å². The molecule has 130 valence electrons. The highest BCUT2D eigenvalue weighted by atomic mass is 32.1. The molecule has 0 saturated carbocycles. The maximum atomic E-state index is 5.61. The second kappa shape index (κ2) is 6.49. The Labute approximate surface area is 160 Å². The Bertz CT molecular complexity index is 1230. The number of hydrogen-bond acceptors (Lipinski definition) is 4. The van der Waals surface area contributed by atoms with E-state index < -0.39 is 0 Å². The molecule has 0 fully saturated rings. The van der Waals surface area contributed by atoms with Crippen molar-refractivity contribution in [3.8, 4) is 33.3 Å². The van der Waals surface area contributed by atoms with E-state index in [1.165, 1.54) is 21.4 Å². The van der Waals surface area contributed by atoms with E-state index >= 15 is 0 Å². The number of aromatic nitrogens is 2. The van der Waals surface area contributed by atoms with Gasteiger partial charge < -0.3 is 4.52 Å². The Balaban J connectivity index is 1.57. The molecule has 0 radical (unpaired) electrons. The molecule has 27 heavy (non-hydrogen) atoms. The lowest BCUT2D eigenvalue weighted by Crippen LogP contribution is -1.83. The molecule has 0 spiro atoms. The van der Waals surface area contributed by atoms with E-state index in [1.807, 2.05) is 30.3 Å². The number of aryl methyl sites for hydroxylation is 1. The summed E-state index contributed by atoms with van der Waals surface area (Å²) in [5, 5.41) is 6.54. The van der Waals surface area contributed by atoms with Crippen LogP contribution in [0.15, 0.2) is 83.4 Å². The fraction of sp³-hybridized carbons (Fsp3) is 0.0435. The van der Waals surface area contributed by atoms with Crippen molar-refractivity contribution < 1.29 is 4.52 Å². The molecular formula is C23H16N2OS. The van der Waals surface area contributed by atoms with Crippen LogP contribution in [0.2, 0.25) is 0 Å². The van der Waals surface area contributed by atoms with Crippen molar-refractivity contribution in [3.63, 3.8) is 0 Å². The third-order valence-electron chi connectivity index (χ3n) is 4.67. The first-order valence-electron chi connectivity index (χ1n) is 8.78. The maximum absolute atomic E-state index is 5.61. The fourth-order valence-electron chi connectivity index (χ4n) is 3.35. The van der Waals surface area contributed by atoms with E-state index in [0.29, 0.717) is 11.7 Å². The van der Waals surface area contributed by atoms with Crippen molar-refractivity contribution in [2.45, 2.75) is 6.92 Å². The molecule has 5 rings (SSSR count). The molecule has 0 bridgehead atoms. The van der Waals surface area contributed by atoms with Gasteiger partial charge in [0.15, 0.2) is 0 Å². The molecule has 0 aliphatic heterocycles. The number of hydrogen-bond donors (Lipinski definition) is 0. The lowest BCUT2D eigenvalue weighted by Gasteiger charge is -2.01. The maximum Gasteiger partial charge on any atom is 0.268 e. The predicted molar refractivity (Wildman–Crippen MR) is 111 cm³/mol. The van der Waals surface area contributed by atoms with Gasteiger partial charge in [-0.2, -0.15) is 4.98 Å². The first kappa shape index (κ1) is 16.0. The summed E-state index contributed by atoms with van der Waals surface area (Å²) in [6.45, 7) is 2.12. The molecule has 3 aromatic carbocycles. The Kier molecular flexibility index (Phi) is 3.84. The minimum Gasteiger partial charge on any atom is -0.333 e. The zero-order valence-corrected chi connectivity index (χ0v) is 15.5. The van der Waals surface area contributed by atoms with Crippen LogP contribution in [-0.2, 0) is 0 Å². The summed E-state index contributed by atoms with van der Waals surface area (Å²) in [4.78, 5) is 6.91. The monoisotopic (exact) mass is 368 g/mol. The van der Waals surface area contributed by atoms with Gasteiger partial charge in [-0.15, -0.1) is 11.3 Å². The van der Waals surface area contributed by atoms with E-state index in [1.54, 1.807) is 11.3 Å². The number of fused-ring (bicyclic) bond motifs is 1. The summed E-state index contributed by atoms with van der Waals surface area (Å²) in [6, 6.07) is 26.9. The van der Waals surface area contributed by atoms with Crippen LogP contribution in [-0.4, -0.2) is 10.1 Å². The van der Waals surface area contributed by atoms with Gasteiger partial charge in [0.2, 0.25) is 5.82 Å². The lowest BCUT2D eigenvalue weighted by atomic mass is 10.0. The Morgan fingerprint density at radius 1 is 0.815 bits per heavy atom. The molecule has 0 atom stereocenters. The summed E-state index contributed by atoms with van der Waals surface area (Å²) in [7, 11) is 0. The number of rotatable bonds is 3. The third-order valence-corrected chi connectivity index (χ3v) is 5.71. The molecule has 0 unspecified atom stereocenters. The van der Waals surface area contributed by atoms with Crippen LogP contribution in [0, 0.1) is 6.92 Å². The second-order valence-electron chi connectivity index (χ2n) is 6.40. The molecule has 2 aromatic heterocycles. The molecule has 5 aromatic rings. The molecule has 0 aliphatic carbocycles. The van der Waals surface area contributed by atoms with Gasteiger partial charge in [0.05, 0.1) is 4.88 Å². The summed E-state index contributed by atoms with van der Waals surface area (Å²) in [5.41, 5.74) is 3.39. The highest BCUT2D eigenvalue weighted by molar-refractivity contribution is 7.15. The molecule has 2 heterocycles. The van der Waals surface area contributed by atoms with Crippen LogP contribution in [0.25, 0.3) is 44.1 Å². The van der Waals surface area contributed by atoms with Crippen LogP contribution in [0.3, 0.4) is 0 Å². The molecule has 4 heteroatoms. The van der Waals surface area contributed by atoms with Crippen molar-refractivity contribution in [2.24, 2.45) is 0 Å². The van der Waals surface area contributed by atoms with Gasteiger partial charge in [-0.1, -0.05) is 78.0 Å². The average Bonchev–Trinajstić information content (AvgIpc) is 3.35. The van der Waals surface area contributed by atoms with Gasteiger partial charge in [0.25, 0.3) is 5.89 Å². The molecule has 0 N–H and O–H groups in total. The van der Waals surface area contributed by atoms with Crippen molar-refractivity contribution in [3.05, 3.63) is 83.7 Å². The van der Waals surface area contributed by atoms with Crippen molar-refractivity contribution in [1.82, 2.24) is 10.1 Å². The van der Waals surface area contributed by atoms with Crippen molar-refractivity contribution in [1.29, 1.82) is 0 Å². The van der Waals surface area contributed by atoms with E-state index in [2.05, 4.69) is 65.6 Å². The molecular weight excluding hydrogens is 352 g/mol. The average molecular weight is 368 g/mol. The molecule has 0 aliphatic rings. The van der Waals surface area contributed by atoms with E-state index in [4.69, 9.17) is 4.52 Å². The lowest BCUT2D eigenvalue weighted by molar-refractivity contribution is 0.433. The summed E-state index contributed by atoms with van der Waals surface area (Å²) in [5.74, 6) is 1.18. The van der Waals surface area contributed by atoms with E-state index in [0.717, 1.165) is 15.8 Å². The zero-order valence-electron chi connectivity index (χ0n) is 14.7. The SMILES string of the molecule is Cc1sc(-c2nc(-c3cccc4ccccc34)no2)cc1-c1ccccc1. The summed E-state index contributed by atoms with van der Waals surface area (Å²) >= 11 is 1.68. The normalized spacial score (nSPS) is 11.1. The molecule has 0 amide bonds. The molecule has 3 nitrogen and oxygen atoms in total. The summed E-state index contributed by atoms with van der Waals surface area (Å²) < 4.78 is 5.61. The highest BCUT2D eigenvalue weighted by Gasteiger charge is 2.16. The standard InChI is InChI=1S/C23H16N2OS/c1-15-20(17-8-3-2-4-9-17)14-21(27-15)23-24-22(25-26-23)19-13-7-11-16-10-5-6-12-18(16)19/h2-14H,1H3. The molecule has 0 saturated heterocycles. The van der Waals surface area contributed by atoms with Gasteiger partial charge in [0, 0.05) is 10.4 Å². The quantitative estimate of drug-likeness (QED) is 0.360. The fourth-order valence-corrected chi connectivity index (χ4v) is 4.31. The van der Waals surface area contributed by atoms with E-state index in [9.17, 15) is 0 Å². The largest absolute Gasteiger partial charge is 0.333 e. The van der Waals surface area contributed by atoms with Gasteiger partial charge in [-0.05, 0) is 34.9 Å². The van der Waals surface area contributed by atoms with Gasteiger partial charge in [-0.3, -0.25) is 0 Å². The minimum absolute atomic E-state index is 0.563. The van der Waals surface area contributed by atoms with Crippen LogP contribution in [0.5, 0.6) is 0 Å². The summed E-state index contributed by atoms with van der Waals surface area (Å²) in [6.07, 6.45) is 0. The van der Waals surface area contributed by atoms with Crippen LogP contribution in [0.4, 0.5) is 0 Å². The number of nitrogens with zero attached hydrogens (tertiary/aromatic N) is 2. The van der Waals surface area contributed by atoms with Gasteiger partial charge >= 0.3 is 0 Å². The Morgan fingerprint density at radius 2 is 1.59 bits per heavy atom. The third kappa shape index (κ3) is 2.84. The number of benzene rings is 3. The minimum atomic E-state index is 0.563. The Hall–Kier alpha value is -3.24. The first-order chi connectivity index (χ1) is 13.3. The second-order valence-corrected chi connectivity index (χ2v) is 7.65. The van der Waals surface area contributed by atoms with Crippen LogP contribution >= 0.6 is 11.3 Å². The first-order valence-corrected chi connectivity index (χ1v) is 9.59. The van der Waals surface area contributed by atoms with Crippen LogP contribution in [0.1, 0.15) is 4.88 Å². The number of thiophene rings is 1. The van der Waals surface area contributed by atoms with E-state index in [-0.39, 0.29) is 0 Å². The topological polar surface area (TPSA) is 38.9 Å². The smallest absolute Gasteiger partial charge is 0.268 e. The van der Waals surface area contributed by atoms with Crippen LogP contribution < -0.4 is 0 Å².